The van der Waals surface area contributed by atoms with E-state index in [9.17, 15) is 4.79 Å². The second kappa shape index (κ2) is 5.62. The highest BCUT2D eigenvalue weighted by atomic mass is 16.5. The van der Waals surface area contributed by atoms with Gasteiger partial charge in [0.2, 0.25) is 5.91 Å². The molecule has 1 saturated carbocycles. The van der Waals surface area contributed by atoms with Gasteiger partial charge in [-0.3, -0.25) is 4.79 Å². The molecule has 2 rings (SSSR count). The lowest BCUT2D eigenvalue weighted by molar-refractivity contribution is -0.184. The van der Waals surface area contributed by atoms with Crippen LogP contribution in [0.2, 0.25) is 0 Å². The summed E-state index contributed by atoms with van der Waals surface area (Å²) in [7, 11) is 0. The maximum absolute atomic E-state index is 12.8. The van der Waals surface area contributed by atoms with Gasteiger partial charge in [0.1, 0.15) is 5.54 Å². The van der Waals surface area contributed by atoms with Crippen LogP contribution >= 0.6 is 0 Å². The zero-order chi connectivity index (χ0) is 15.0. The summed E-state index contributed by atoms with van der Waals surface area (Å²) >= 11 is 0. The SMILES string of the molecule is CCOC1CC(N)(C(=O)N2CCOC(CC)C2)C1(C)C. The number of rotatable bonds is 4. The number of carbonyl (C=O) groups excluding carboxylic acids is 1. The van der Waals surface area contributed by atoms with Gasteiger partial charge in [-0.1, -0.05) is 20.8 Å². The molecule has 1 saturated heterocycles. The molecule has 20 heavy (non-hydrogen) atoms. The standard InChI is InChI=1S/C15H28N2O3/c1-5-11-10-17(7-8-20-11)13(18)15(16)9-12(19-6-2)14(15,3)4/h11-12H,5-10,16H2,1-4H3. The molecule has 0 bridgehead atoms. The van der Waals surface area contributed by atoms with Crippen molar-refractivity contribution < 1.29 is 14.3 Å². The first-order valence-corrected chi connectivity index (χ1v) is 7.68. The maximum Gasteiger partial charge on any atom is 0.243 e. The number of ether oxygens (including phenoxy) is 2. The average Bonchev–Trinajstić information content (AvgIpc) is 2.46. The lowest BCUT2D eigenvalue weighted by atomic mass is 9.54. The Balaban J connectivity index is 2.05. The van der Waals surface area contributed by atoms with Crippen LogP contribution in [-0.4, -0.2) is 54.9 Å². The Morgan fingerprint density at radius 3 is 2.70 bits per heavy atom. The van der Waals surface area contributed by atoms with Crippen LogP contribution in [0, 0.1) is 5.41 Å². The molecular formula is C15H28N2O3. The van der Waals surface area contributed by atoms with E-state index in [1.54, 1.807) is 0 Å². The van der Waals surface area contributed by atoms with Crippen molar-refractivity contribution in [2.75, 3.05) is 26.3 Å². The maximum atomic E-state index is 12.8. The van der Waals surface area contributed by atoms with Crippen molar-refractivity contribution in [1.29, 1.82) is 0 Å². The molecule has 2 fully saturated rings. The summed E-state index contributed by atoms with van der Waals surface area (Å²) in [4.78, 5) is 14.7. The Labute approximate surface area is 121 Å². The molecule has 0 radical (unpaired) electrons. The van der Waals surface area contributed by atoms with Crippen molar-refractivity contribution in [3.8, 4) is 0 Å². The van der Waals surface area contributed by atoms with Gasteiger partial charge in [0.15, 0.2) is 0 Å². The van der Waals surface area contributed by atoms with E-state index >= 15 is 0 Å². The second-order valence-corrected chi connectivity index (χ2v) is 6.49. The van der Waals surface area contributed by atoms with Crippen molar-refractivity contribution in [2.24, 2.45) is 11.1 Å². The van der Waals surface area contributed by atoms with Crippen LogP contribution < -0.4 is 5.73 Å². The lowest BCUT2D eigenvalue weighted by Gasteiger charge is -2.59. The van der Waals surface area contributed by atoms with Crippen molar-refractivity contribution in [2.45, 2.75) is 58.3 Å². The molecule has 3 unspecified atom stereocenters. The van der Waals surface area contributed by atoms with Crippen molar-refractivity contribution in [3.05, 3.63) is 0 Å². The fourth-order valence-electron chi connectivity index (χ4n) is 3.23. The van der Waals surface area contributed by atoms with Crippen molar-refractivity contribution in [3.63, 3.8) is 0 Å². The zero-order valence-corrected chi connectivity index (χ0v) is 13.1. The summed E-state index contributed by atoms with van der Waals surface area (Å²) < 4.78 is 11.3. The molecule has 2 aliphatic rings. The highest BCUT2D eigenvalue weighted by molar-refractivity contribution is 5.89. The summed E-state index contributed by atoms with van der Waals surface area (Å²) in [5.74, 6) is 0.0557. The van der Waals surface area contributed by atoms with E-state index in [2.05, 4.69) is 6.92 Å². The first kappa shape index (κ1) is 15.7. The molecule has 5 nitrogen and oxygen atoms in total. The molecule has 3 atom stereocenters. The minimum absolute atomic E-state index is 0.0557. The van der Waals surface area contributed by atoms with Crippen LogP contribution in [0.4, 0.5) is 0 Å². The third-order valence-electron chi connectivity index (χ3n) is 5.09. The Bertz CT molecular complexity index is 372. The Morgan fingerprint density at radius 1 is 1.45 bits per heavy atom. The minimum Gasteiger partial charge on any atom is -0.378 e. The molecule has 1 amide bonds. The minimum atomic E-state index is -0.803. The van der Waals surface area contributed by atoms with Gasteiger partial charge >= 0.3 is 0 Å². The molecule has 0 aromatic carbocycles. The van der Waals surface area contributed by atoms with Crippen molar-refractivity contribution in [1.82, 2.24) is 4.90 Å². The molecule has 0 spiro atoms. The van der Waals surface area contributed by atoms with Gasteiger partial charge in [0, 0.05) is 31.5 Å². The molecule has 1 heterocycles. The van der Waals surface area contributed by atoms with E-state index in [1.807, 2.05) is 25.7 Å². The molecular weight excluding hydrogens is 256 g/mol. The van der Waals surface area contributed by atoms with E-state index in [1.165, 1.54) is 0 Å². The van der Waals surface area contributed by atoms with Crippen molar-refractivity contribution >= 4 is 5.91 Å². The third kappa shape index (κ3) is 2.36. The van der Waals surface area contributed by atoms with Gasteiger partial charge in [-0.2, -0.15) is 0 Å². The molecule has 1 aliphatic heterocycles. The fraction of sp³-hybridized carbons (Fsp3) is 0.933. The summed E-state index contributed by atoms with van der Waals surface area (Å²) in [5, 5.41) is 0. The summed E-state index contributed by atoms with van der Waals surface area (Å²) in [5.41, 5.74) is 5.33. The summed E-state index contributed by atoms with van der Waals surface area (Å²) in [6.45, 7) is 10.7. The lowest BCUT2D eigenvalue weighted by Crippen LogP contribution is -2.76. The van der Waals surface area contributed by atoms with E-state index in [-0.39, 0.29) is 23.5 Å². The van der Waals surface area contributed by atoms with Gasteiger partial charge < -0.3 is 20.1 Å². The van der Waals surface area contributed by atoms with E-state index < -0.39 is 5.54 Å². The summed E-state index contributed by atoms with van der Waals surface area (Å²) in [6, 6.07) is 0. The van der Waals surface area contributed by atoms with Crippen LogP contribution in [0.1, 0.15) is 40.5 Å². The largest absolute Gasteiger partial charge is 0.378 e. The molecule has 116 valence electrons. The predicted octanol–water partition coefficient (Wildman–Crippen LogP) is 1.16. The molecule has 5 heteroatoms. The number of hydrogen-bond acceptors (Lipinski definition) is 4. The quantitative estimate of drug-likeness (QED) is 0.841. The third-order valence-corrected chi connectivity index (χ3v) is 5.09. The summed E-state index contributed by atoms with van der Waals surface area (Å²) in [6.07, 6.45) is 1.75. The average molecular weight is 284 g/mol. The molecule has 2 N–H and O–H groups in total. The zero-order valence-electron chi connectivity index (χ0n) is 13.1. The van der Waals surface area contributed by atoms with Gasteiger partial charge in [-0.15, -0.1) is 0 Å². The van der Waals surface area contributed by atoms with E-state index in [0.717, 1.165) is 6.42 Å². The number of morpholine rings is 1. The van der Waals surface area contributed by atoms with Crippen LogP contribution in [-0.2, 0) is 14.3 Å². The second-order valence-electron chi connectivity index (χ2n) is 6.49. The van der Waals surface area contributed by atoms with Gasteiger partial charge in [0.25, 0.3) is 0 Å². The van der Waals surface area contributed by atoms with Crippen LogP contribution in [0.3, 0.4) is 0 Å². The predicted molar refractivity (Wildman–Crippen MR) is 77.3 cm³/mol. The number of carbonyl (C=O) groups is 1. The fourth-order valence-corrected chi connectivity index (χ4v) is 3.23. The van der Waals surface area contributed by atoms with Gasteiger partial charge in [-0.25, -0.2) is 0 Å². The first-order valence-electron chi connectivity index (χ1n) is 7.68. The monoisotopic (exact) mass is 284 g/mol. The van der Waals surface area contributed by atoms with Crippen LogP contribution in [0.25, 0.3) is 0 Å². The van der Waals surface area contributed by atoms with E-state index in [0.29, 0.717) is 32.7 Å². The topological polar surface area (TPSA) is 64.8 Å². The van der Waals surface area contributed by atoms with Gasteiger partial charge in [-0.05, 0) is 13.3 Å². The first-order chi connectivity index (χ1) is 9.36. The number of nitrogens with zero attached hydrogens (tertiary/aromatic N) is 1. The normalized spacial score (nSPS) is 36.5. The Morgan fingerprint density at radius 2 is 2.15 bits per heavy atom. The Kier molecular flexibility index (Phi) is 4.42. The molecule has 0 aromatic heterocycles. The highest BCUT2D eigenvalue weighted by Gasteiger charge is 2.63. The van der Waals surface area contributed by atoms with E-state index in [4.69, 9.17) is 15.2 Å². The smallest absolute Gasteiger partial charge is 0.243 e. The van der Waals surface area contributed by atoms with Crippen LogP contribution in [0.5, 0.6) is 0 Å². The van der Waals surface area contributed by atoms with Gasteiger partial charge in [0.05, 0.1) is 18.8 Å². The number of hydrogen-bond donors (Lipinski definition) is 1. The number of amides is 1. The van der Waals surface area contributed by atoms with Crippen LogP contribution in [0.15, 0.2) is 0 Å². The molecule has 1 aliphatic carbocycles. The Hall–Kier alpha value is -0.650. The highest BCUT2D eigenvalue weighted by Crippen LogP contribution is 2.50. The number of nitrogens with two attached hydrogens (primary N) is 1. The molecule has 0 aromatic rings.